The van der Waals surface area contributed by atoms with Gasteiger partial charge in [-0.25, -0.2) is 0 Å². The van der Waals surface area contributed by atoms with E-state index < -0.39 is 0 Å². The molecule has 86 valence electrons. The predicted molar refractivity (Wildman–Crippen MR) is 60.5 cm³/mol. The van der Waals surface area contributed by atoms with Gasteiger partial charge in [0.15, 0.2) is 0 Å². The van der Waals surface area contributed by atoms with Crippen LogP contribution in [0.15, 0.2) is 0 Å². The lowest BCUT2D eigenvalue weighted by atomic mass is 9.96. The highest BCUT2D eigenvalue weighted by molar-refractivity contribution is 5.73. The maximum Gasteiger partial charge on any atom is 0.219 e. The van der Waals surface area contributed by atoms with E-state index in [0.717, 1.165) is 25.6 Å². The number of carbonyl (C=O) groups excluding carboxylic acids is 1. The number of hydrogen-bond donors (Lipinski definition) is 1. The predicted octanol–water partition coefficient (Wildman–Crippen LogP) is 1.24. The first-order chi connectivity index (χ1) is 7.15. The van der Waals surface area contributed by atoms with Gasteiger partial charge in [0.2, 0.25) is 5.91 Å². The van der Waals surface area contributed by atoms with Gasteiger partial charge in [0, 0.05) is 26.1 Å². The van der Waals surface area contributed by atoms with Gasteiger partial charge in [-0.15, -0.1) is 0 Å². The van der Waals surface area contributed by atoms with E-state index in [-0.39, 0.29) is 5.91 Å². The van der Waals surface area contributed by atoms with Crippen LogP contribution in [0.4, 0.5) is 0 Å². The summed E-state index contributed by atoms with van der Waals surface area (Å²) in [6.45, 7) is 6.92. The minimum atomic E-state index is 0.222. The van der Waals surface area contributed by atoms with Crippen molar-refractivity contribution in [3.63, 3.8) is 0 Å². The monoisotopic (exact) mass is 210 g/mol. The SMILES string of the molecule is CC(=O)N1CC(C)CC(NCC2CC2)C1. The largest absolute Gasteiger partial charge is 0.341 e. The van der Waals surface area contributed by atoms with E-state index in [2.05, 4.69) is 12.2 Å². The number of nitrogens with one attached hydrogen (secondary N) is 1. The van der Waals surface area contributed by atoms with Gasteiger partial charge >= 0.3 is 0 Å². The van der Waals surface area contributed by atoms with Crippen molar-refractivity contribution in [3.05, 3.63) is 0 Å². The molecule has 2 fully saturated rings. The Morgan fingerprint density at radius 3 is 2.73 bits per heavy atom. The molecule has 1 heterocycles. The molecule has 0 aromatic heterocycles. The molecular weight excluding hydrogens is 188 g/mol. The van der Waals surface area contributed by atoms with E-state index in [0.29, 0.717) is 12.0 Å². The molecule has 2 atom stereocenters. The number of rotatable bonds is 3. The molecule has 2 unspecified atom stereocenters. The summed E-state index contributed by atoms with van der Waals surface area (Å²) < 4.78 is 0. The fraction of sp³-hybridized carbons (Fsp3) is 0.917. The summed E-state index contributed by atoms with van der Waals surface area (Å²) in [7, 11) is 0. The molecule has 0 spiro atoms. The molecule has 3 heteroatoms. The van der Waals surface area contributed by atoms with Crippen molar-refractivity contribution in [2.24, 2.45) is 11.8 Å². The Labute approximate surface area is 92.2 Å². The Bertz CT molecular complexity index is 238. The van der Waals surface area contributed by atoms with Crippen LogP contribution in [0.2, 0.25) is 0 Å². The van der Waals surface area contributed by atoms with Gasteiger partial charge in [0.1, 0.15) is 0 Å². The van der Waals surface area contributed by atoms with Gasteiger partial charge in [0.05, 0.1) is 0 Å². The standard InChI is InChI=1S/C12H22N2O/c1-9-5-12(13-6-11-3-4-11)8-14(7-9)10(2)15/h9,11-13H,3-8H2,1-2H3. The first-order valence-corrected chi connectivity index (χ1v) is 6.14. The normalized spacial score (nSPS) is 31.7. The molecule has 2 rings (SSSR count). The average Bonchev–Trinajstić information content (AvgIpc) is 2.97. The first-order valence-electron chi connectivity index (χ1n) is 6.14. The molecule has 1 amide bonds. The molecule has 0 aromatic rings. The highest BCUT2D eigenvalue weighted by atomic mass is 16.2. The lowest BCUT2D eigenvalue weighted by Gasteiger charge is -2.36. The van der Waals surface area contributed by atoms with E-state index in [1.807, 2.05) is 4.90 Å². The summed E-state index contributed by atoms with van der Waals surface area (Å²) in [5.41, 5.74) is 0. The minimum Gasteiger partial charge on any atom is -0.341 e. The fourth-order valence-corrected chi connectivity index (χ4v) is 2.41. The zero-order valence-electron chi connectivity index (χ0n) is 9.83. The van der Waals surface area contributed by atoms with Crippen LogP contribution in [-0.4, -0.2) is 36.5 Å². The van der Waals surface area contributed by atoms with Crippen LogP contribution >= 0.6 is 0 Å². The number of likely N-dealkylation sites (tertiary alicyclic amines) is 1. The second kappa shape index (κ2) is 4.52. The molecular formula is C12H22N2O. The first kappa shape index (κ1) is 10.9. The lowest BCUT2D eigenvalue weighted by molar-refractivity contribution is -0.131. The molecule has 0 radical (unpaired) electrons. The summed E-state index contributed by atoms with van der Waals surface area (Å²) in [5.74, 6) is 1.78. The number of nitrogens with zero attached hydrogens (tertiary/aromatic N) is 1. The van der Waals surface area contributed by atoms with Crippen LogP contribution in [-0.2, 0) is 4.79 Å². The Morgan fingerprint density at radius 1 is 1.40 bits per heavy atom. The minimum absolute atomic E-state index is 0.222. The number of hydrogen-bond acceptors (Lipinski definition) is 2. The molecule has 3 nitrogen and oxygen atoms in total. The van der Waals surface area contributed by atoms with E-state index in [1.165, 1.54) is 19.3 Å². The summed E-state index contributed by atoms with van der Waals surface area (Å²) >= 11 is 0. The Hall–Kier alpha value is -0.570. The summed E-state index contributed by atoms with van der Waals surface area (Å²) in [5, 5.41) is 3.60. The second-order valence-corrected chi connectivity index (χ2v) is 5.31. The van der Waals surface area contributed by atoms with Crippen LogP contribution < -0.4 is 5.32 Å². The Kier molecular flexibility index (Phi) is 3.29. The number of piperidine rings is 1. The van der Waals surface area contributed by atoms with Crippen LogP contribution in [0.25, 0.3) is 0 Å². The van der Waals surface area contributed by atoms with Crippen LogP contribution in [0.1, 0.15) is 33.1 Å². The zero-order chi connectivity index (χ0) is 10.8. The summed E-state index contributed by atoms with van der Waals surface area (Å²) in [4.78, 5) is 13.3. The van der Waals surface area contributed by atoms with E-state index >= 15 is 0 Å². The molecule has 0 bridgehead atoms. The summed E-state index contributed by atoms with van der Waals surface area (Å²) in [6.07, 6.45) is 4.01. The molecule has 2 aliphatic rings. The smallest absolute Gasteiger partial charge is 0.219 e. The quantitative estimate of drug-likeness (QED) is 0.760. The second-order valence-electron chi connectivity index (χ2n) is 5.31. The van der Waals surface area contributed by atoms with Gasteiger partial charge in [-0.2, -0.15) is 0 Å². The summed E-state index contributed by atoms with van der Waals surface area (Å²) in [6, 6.07) is 0.526. The van der Waals surface area contributed by atoms with Crippen molar-refractivity contribution in [2.75, 3.05) is 19.6 Å². The number of amides is 1. The van der Waals surface area contributed by atoms with Crippen molar-refractivity contribution >= 4 is 5.91 Å². The van der Waals surface area contributed by atoms with Gasteiger partial charge in [-0.1, -0.05) is 6.92 Å². The molecule has 0 aromatic carbocycles. The van der Waals surface area contributed by atoms with Crippen molar-refractivity contribution in [2.45, 2.75) is 39.2 Å². The molecule has 1 aliphatic carbocycles. The topological polar surface area (TPSA) is 32.3 Å². The van der Waals surface area contributed by atoms with Crippen molar-refractivity contribution < 1.29 is 4.79 Å². The molecule has 1 saturated heterocycles. The van der Waals surface area contributed by atoms with Gasteiger partial charge < -0.3 is 10.2 Å². The maximum atomic E-state index is 11.3. The van der Waals surface area contributed by atoms with Crippen molar-refractivity contribution in [3.8, 4) is 0 Å². The fourth-order valence-electron chi connectivity index (χ4n) is 2.41. The van der Waals surface area contributed by atoms with Gasteiger partial charge in [0.25, 0.3) is 0 Å². The van der Waals surface area contributed by atoms with E-state index in [4.69, 9.17) is 0 Å². The van der Waals surface area contributed by atoms with Crippen molar-refractivity contribution in [1.82, 2.24) is 10.2 Å². The Morgan fingerprint density at radius 2 is 2.13 bits per heavy atom. The average molecular weight is 210 g/mol. The van der Waals surface area contributed by atoms with Gasteiger partial charge in [-0.3, -0.25) is 4.79 Å². The Balaban J connectivity index is 1.79. The van der Waals surface area contributed by atoms with E-state index in [1.54, 1.807) is 6.92 Å². The molecule has 1 saturated carbocycles. The van der Waals surface area contributed by atoms with Gasteiger partial charge in [-0.05, 0) is 37.6 Å². The van der Waals surface area contributed by atoms with Crippen LogP contribution in [0, 0.1) is 11.8 Å². The maximum absolute atomic E-state index is 11.3. The van der Waals surface area contributed by atoms with Crippen LogP contribution in [0.5, 0.6) is 0 Å². The lowest BCUT2D eigenvalue weighted by Crippen LogP contribution is -2.50. The third-order valence-electron chi connectivity index (χ3n) is 3.50. The molecule has 15 heavy (non-hydrogen) atoms. The number of carbonyl (C=O) groups is 1. The third kappa shape index (κ3) is 3.20. The van der Waals surface area contributed by atoms with E-state index in [9.17, 15) is 4.79 Å². The highest BCUT2D eigenvalue weighted by Gasteiger charge is 2.28. The van der Waals surface area contributed by atoms with Crippen molar-refractivity contribution in [1.29, 1.82) is 0 Å². The third-order valence-corrected chi connectivity index (χ3v) is 3.50. The molecule has 1 aliphatic heterocycles. The molecule has 1 N–H and O–H groups in total. The van der Waals surface area contributed by atoms with Crippen LogP contribution in [0.3, 0.4) is 0 Å². The highest BCUT2D eigenvalue weighted by Crippen LogP contribution is 2.28. The zero-order valence-corrected chi connectivity index (χ0v) is 9.83.